The molecular formula is C37H33NO4. The van der Waals surface area contributed by atoms with E-state index in [-0.39, 0.29) is 12.4 Å². The van der Waals surface area contributed by atoms with Crippen LogP contribution in [0.2, 0.25) is 0 Å². The van der Waals surface area contributed by atoms with Crippen LogP contribution in [0.25, 0.3) is 32.4 Å². The number of carbonyl (C=O) groups is 2. The summed E-state index contributed by atoms with van der Waals surface area (Å²) in [6.45, 7) is 5.53. The minimum atomic E-state index is -0.620. The molecule has 0 aliphatic heterocycles. The molecular weight excluding hydrogens is 522 g/mol. The second-order valence-corrected chi connectivity index (χ2v) is 11.5. The Morgan fingerprint density at radius 3 is 1.81 bits per heavy atom. The number of aryl methyl sites for hydroxylation is 1. The molecule has 0 atom stereocenters. The molecule has 0 aliphatic rings. The third kappa shape index (κ3) is 5.51. The third-order valence-electron chi connectivity index (χ3n) is 7.44. The molecule has 0 radical (unpaired) electrons. The van der Waals surface area contributed by atoms with Gasteiger partial charge in [-0.25, -0.2) is 4.79 Å². The maximum absolute atomic E-state index is 13.6. The number of rotatable bonds is 6. The Bertz CT molecular complexity index is 1840. The van der Waals surface area contributed by atoms with E-state index in [1.807, 2.05) is 93.6 Å². The number of fused-ring (bicyclic) bond motifs is 3. The van der Waals surface area contributed by atoms with Gasteiger partial charge in [0.05, 0.1) is 5.52 Å². The normalized spacial score (nSPS) is 11.8. The highest BCUT2D eigenvalue weighted by Gasteiger charge is 2.24. The Kier molecular flexibility index (Phi) is 7.26. The number of hydrogen-bond donors (Lipinski definition) is 0. The molecule has 0 N–H and O–H groups in total. The molecule has 0 spiro atoms. The molecule has 0 unspecified atom stereocenters. The van der Waals surface area contributed by atoms with Gasteiger partial charge in [0.15, 0.2) is 6.10 Å². The second kappa shape index (κ2) is 11.2. The Morgan fingerprint density at radius 2 is 1.21 bits per heavy atom. The molecule has 42 heavy (non-hydrogen) atoms. The summed E-state index contributed by atoms with van der Waals surface area (Å²) >= 11 is 0. The van der Waals surface area contributed by atoms with Gasteiger partial charge in [0.1, 0.15) is 5.60 Å². The van der Waals surface area contributed by atoms with Crippen LogP contribution in [0.5, 0.6) is 0 Å². The maximum atomic E-state index is 13.6. The summed E-state index contributed by atoms with van der Waals surface area (Å²) in [4.78, 5) is 26.5. The quantitative estimate of drug-likeness (QED) is 0.192. The molecule has 0 fully saturated rings. The van der Waals surface area contributed by atoms with Crippen molar-refractivity contribution in [3.63, 3.8) is 0 Å². The number of para-hydroxylation sites is 1. The number of hydrogen-bond acceptors (Lipinski definition) is 4. The van der Waals surface area contributed by atoms with Crippen molar-refractivity contribution in [2.24, 2.45) is 0 Å². The third-order valence-corrected chi connectivity index (χ3v) is 7.44. The van der Waals surface area contributed by atoms with Gasteiger partial charge in [0.25, 0.3) is 0 Å². The summed E-state index contributed by atoms with van der Waals surface area (Å²) in [5, 5.41) is 5.19. The Balaban J connectivity index is 1.32. The molecule has 0 saturated carbocycles. The van der Waals surface area contributed by atoms with Gasteiger partial charge in [-0.3, -0.25) is 9.36 Å². The summed E-state index contributed by atoms with van der Waals surface area (Å²) in [6.07, 6.45) is 1.33. The summed E-state index contributed by atoms with van der Waals surface area (Å²) in [7, 11) is 0. The standard InChI is InChI=1S/C37H33NO4/c1-37(2,3)42-36(40)38-24-27(30-18-8-9-21-33(30)38)22-23-34(39)41-35(31-19-10-14-25-12-4-6-16-28(25)31)32-20-11-15-26-13-5-7-17-29(26)32/h4-21,24,35H,22-23H2,1-3H3. The van der Waals surface area contributed by atoms with Crippen LogP contribution in [0.15, 0.2) is 115 Å². The number of nitrogens with zero attached hydrogens (tertiary/aromatic N) is 1. The molecule has 5 aromatic carbocycles. The molecule has 6 rings (SSSR count). The largest absolute Gasteiger partial charge is 0.452 e. The van der Waals surface area contributed by atoms with Gasteiger partial charge < -0.3 is 9.47 Å². The van der Waals surface area contributed by atoms with Gasteiger partial charge in [-0.1, -0.05) is 103 Å². The summed E-state index contributed by atoms with van der Waals surface area (Å²) in [5.74, 6) is -0.310. The first-order valence-corrected chi connectivity index (χ1v) is 14.3. The Morgan fingerprint density at radius 1 is 0.690 bits per heavy atom. The fourth-order valence-electron chi connectivity index (χ4n) is 5.59. The predicted molar refractivity (Wildman–Crippen MR) is 168 cm³/mol. The number of carbonyl (C=O) groups excluding carboxylic acids is 2. The van der Waals surface area contributed by atoms with Gasteiger partial charge in [0, 0.05) is 29.1 Å². The lowest BCUT2D eigenvalue weighted by atomic mass is 9.92. The van der Waals surface area contributed by atoms with E-state index in [0.717, 1.165) is 49.1 Å². The van der Waals surface area contributed by atoms with Crippen LogP contribution >= 0.6 is 0 Å². The van der Waals surface area contributed by atoms with Crippen LogP contribution < -0.4 is 0 Å². The first-order chi connectivity index (χ1) is 20.3. The first-order valence-electron chi connectivity index (χ1n) is 14.3. The van der Waals surface area contributed by atoms with Gasteiger partial charge >= 0.3 is 12.1 Å². The zero-order valence-electron chi connectivity index (χ0n) is 24.0. The average Bonchev–Trinajstić information content (AvgIpc) is 3.36. The van der Waals surface area contributed by atoms with E-state index in [2.05, 4.69) is 36.4 Å². The van der Waals surface area contributed by atoms with Crippen LogP contribution in [0, 0.1) is 0 Å². The minimum absolute atomic E-state index is 0.161. The van der Waals surface area contributed by atoms with Crippen LogP contribution in [-0.2, 0) is 20.7 Å². The molecule has 210 valence electrons. The second-order valence-electron chi connectivity index (χ2n) is 11.5. The highest BCUT2D eigenvalue weighted by molar-refractivity contribution is 5.93. The van der Waals surface area contributed by atoms with Crippen molar-refractivity contribution < 1.29 is 19.1 Å². The van der Waals surface area contributed by atoms with Gasteiger partial charge in [0.2, 0.25) is 0 Å². The fourth-order valence-corrected chi connectivity index (χ4v) is 5.59. The number of benzene rings is 5. The topological polar surface area (TPSA) is 57.5 Å². The van der Waals surface area contributed by atoms with E-state index < -0.39 is 17.8 Å². The van der Waals surface area contributed by atoms with E-state index in [9.17, 15) is 9.59 Å². The van der Waals surface area contributed by atoms with E-state index in [1.54, 1.807) is 6.20 Å². The zero-order chi connectivity index (χ0) is 29.3. The van der Waals surface area contributed by atoms with E-state index in [0.29, 0.717) is 6.42 Å². The highest BCUT2D eigenvalue weighted by atomic mass is 16.6. The maximum Gasteiger partial charge on any atom is 0.419 e. The average molecular weight is 556 g/mol. The van der Waals surface area contributed by atoms with Gasteiger partial charge in [-0.2, -0.15) is 0 Å². The van der Waals surface area contributed by atoms with Crippen molar-refractivity contribution in [2.75, 3.05) is 0 Å². The number of esters is 1. The zero-order valence-corrected chi connectivity index (χ0v) is 24.0. The first kappa shape index (κ1) is 27.3. The predicted octanol–water partition coefficient (Wildman–Crippen LogP) is 9.00. The van der Waals surface area contributed by atoms with Crippen molar-refractivity contribution in [1.82, 2.24) is 4.57 Å². The Labute approximate surface area is 245 Å². The van der Waals surface area contributed by atoms with Gasteiger partial charge in [-0.05, 0) is 60.4 Å². The molecule has 5 heteroatoms. The molecule has 1 aromatic heterocycles. The lowest BCUT2D eigenvalue weighted by Crippen LogP contribution is -2.26. The van der Waals surface area contributed by atoms with Crippen molar-refractivity contribution in [3.05, 3.63) is 132 Å². The van der Waals surface area contributed by atoms with E-state index in [4.69, 9.17) is 9.47 Å². The van der Waals surface area contributed by atoms with Crippen molar-refractivity contribution >= 4 is 44.5 Å². The number of aromatic nitrogens is 1. The molecule has 5 nitrogen and oxygen atoms in total. The summed E-state index contributed by atoms with van der Waals surface area (Å²) in [5.41, 5.74) is 2.91. The van der Waals surface area contributed by atoms with Crippen LogP contribution in [0.1, 0.15) is 50.0 Å². The molecule has 0 saturated heterocycles. The summed E-state index contributed by atoms with van der Waals surface area (Å²) in [6, 6.07) is 36.2. The Hall–Kier alpha value is -4.90. The highest BCUT2D eigenvalue weighted by Crippen LogP contribution is 2.36. The summed E-state index contributed by atoms with van der Waals surface area (Å²) < 4.78 is 13.5. The molecule has 0 amide bonds. The monoisotopic (exact) mass is 555 g/mol. The van der Waals surface area contributed by atoms with Crippen LogP contribution in [-0.4, -0.2) is 22.2 Å². The van der Waals surface area contributed by atoms with Crippen molar-refractivity contribution in [1.29, 1.82) is 0 Å². The smallest absolute Gasteiger partial charge is 0.419 e. The van der Waals surface area contributed by atoms with Gasteiger partial charge in [-0.15, -0.1) is 0 Å². The van der Waals surface area contributed by atoms with Crippen LogP contribution in [0.3, 0.4) is 0 Å². The van der Waals surface area contributed by atoms with E-state index >= 15 is 0 Å². The fraction of sp³-hybridized carbons (Fsp3) is 0.189. The lowest BCUT2D eigenvalue weighted by Gasteiger charge is -2.22. The van der Waals surface area contributed by atoms with Crippen LogP contribution in [0.4, 0.5) is 4.79 Å². The van der Waals surface area contributed by atoms with E-state index in [1.165, 1.54) is 4.57 Å². The molecule has 0 bridgehead atoms. The molecule has 1 heterocycles. The molecule has 6 aromatic rings. The number of ether oxygens (including phenoxy) is 2. The van der Waals surface area contributed by atoms with Crippen molar-refractivity contribution in [3.8, 4) is 0 Å². The lowest BCUT2D eigenvalue weighted by molar-refractivity contribution is -0.147. The van der Waals surface area contributed by atoms with Crippen molar-refractivity contribution in [2.45, 2.75) is 45.3 Å². The molecule has 0 aliphatic carbocycles. The SMILES string of the molecule is CC(C)(C)OC(=O)n1cc(CCC(=O)OC(c2cccc3ccccc23)c2cccc3ccccc23)c2ccccc21. The minimum Gasteiger partial charge on any atom is -0.452 e.